The van der Waals surface area contributed by atoms with E-state index in [2.05, 4.69) is 42.8 Å². The van der Waals surface area contributed by atoms with Gasteiger partial charge in [0.1, 0.15) is 5.82 Å². The third-order valence-corrected chi connectivity index (χ3v) is 5.90. The number of rotatable bonds is 4. The first kappa shape index (κ1) is 14.2. The second-order valence-electron chi connectivity index (χ2n) is 6.02. The number of nitrogens with zero attached hydrogens (tertiary/aromatic N) is 1. The number of aromatic nitrogens is 1. The molecule has 0 saturated heterocycles. The molecule has 0 bridgehead atoms. The number of anilines is 1. The van der Waals surface area contributed by atoms with Gasteiger partial charge in [-0.15, -0.1) is 0 Å². The lowest BCUT2D eigenvalue weighted by molar-refractivity contribution is 0.457. The van der Waals surface area contributed by atoms with Crippen molar-refractivity contribution in [1.29, 1.82) is 0 Å². The molecule has 0 aromatic carbocycles. The van der Waals surface area contributed by atoms with Gasteiger partial charge in [0.2, 0.25) is 10.0 Å². The molecule has 1 aromatic heterocycles. The number of nitrogen functional groups attached to an aromatic ring is 1. The summed E-state index contributed by atoms with van der Waals surface area (Å²) in [7, 11) is -3.56. The molecule has 6 nitrogen and oxygen atoms in total. The molecule has 19 heavy (non-hydrogen) atoms. The Bertz CT molecular complexity index is 582. The smallest absolute Gasteiger partial charge is 0.241 e. The van der Waals surface area contributed by atoms with E-state index in [-0.39, 0.29) is 21.8 Å². The van der Waals surface area contributed by atoms with E-state index >= 15 is 0 Å². The van der Waals surface area contributed by atoms with Gasteiger partial charge in [0, 0.05) is 18.3 Å². The van der Waals surface area contributed by atoms with Crippen molar-refractivity contribution >= 4 is 15.8 Å². The summed E-state index contributed by atoms with van der Waals surface area (Å²) in [6, 6.07) is 2.78. The summed E-state index contributed by atoms with van der Waals surface area (Å²) < 4.78 is 27.4. The van der Waals surface area contributed by atoms with Crippen LogP contribution in [0.25, 0.3) is 0 Å². The Balaban J connectivity index is 2.25. The first-order valence-electron chi connectivity index (χ1n) is 6.08. The van der Waals surface area contributed by atoms with Gasteiger partial charge in [-0.3, -0.25) is 0 Å². The molecule has 1 aliphatic rings. The normalized spacial score (nSPS) is 21.1. The Labute approximate surface area is 113 Å². The Morgan fingerprint density at radius 1 is 1.26 bits per heavy atom. The number of hydrogen-bond acceptors (Lipinski definition) is 5. The molecule has 0 spiro atoms. The third kappa shape index (κ3) is 2.22. The second kappa shape index (κ2) is 4.16. The van der Waals surface area contributed by atoms with E-state index in [0.717, 1.165) is 0 Å². The molecule has 0 unspecified atom stereocenters. The molecule has 0 amide bonds. The van der Waals surface area contributed by atoms with E-state index in [1.165, 1.54) is 18.3 Å². The minimum Gasteiger partial charge on any atom is -0.308 e. The van der Waals surface area contributed by atoms with Crippen LogP contribution in [0, 0.1) is 10.8 Å². The molecule has 1 aromatic rings. The molecule has 7 heteroatoms. The topological polar surface area (TPSA) is 97.1 Å². The Hall–Kier alpha value is -1.18. The van der Waals surface area contributed by atoms with Gasteiger partial charge in [-0.2, -0.15) is 0 Å². The van der Waals surface area contributed by atoms with Gasteiger partial charge < -0.3 is 5.43 Å². The zero-order valence-corrected chi connectivity index (χ0v) is 12.4. The summed E-state index contributed by atoms with van der Waals surface area (Å²) in [5, 5.41) is 0. The summed E-state index contributed by atoms with van der Waals surface area (Å²) in [6.07, 6.45) is 1.41. The van der Waals surface area contributed by atoms with Crippen molar-refractivity contribution in [3.8, 4) is 0 Å². The molecular formula is C12H20N4O2S. The molecule has 0 aliphatic heterocycles. The van der Waals surface area contributed by atoms with Crippen molar-refractivity contribution in [2.24, 2.45) is 16.7 Å². The molecule has 1 aliphatic carbocycles. The standard InChI is InChI=1S/C12H20N4O2S/c1-11(2)10(12(11,3)4)16-19(17,18)8-5-6-14-9(7-8)15-13/h5-7,10,16H,13H2,1-4H3,(H,14,15). The lowest BCUT2D eigenvalue weighted by Gasteiger charge is -2.09. The predicted octanol–water partition coefficient (Wildman–Crippen LogP) is 1.08. The van der Waals surface area contributed by atoms with Crippen LogP contribution in [0.15, 0.2) is 23.2 Å². The van der Waals surface area contributed by atoms with Gasteiger partial charge >= 0.3 is 0 Å². The minimum atomic E-state index is -3.56. The molecule has 1 heterocycles. The van der Waals surface area contributed by atoms with Crippen LogP contribution in [0.1, 0.15) is 27.7 Å². The first-order chi connectivity index (χ1) is 8.63. The van der Waals surface area contributed by atoms with Crippen LogP contribution in [0.4, 0.5) is 5.82 Å². The van der Waals surface area contributed by atoms with E-state index in [1.54, 1.807) is 0 Å². The minimum absolute atomic E-state index is 0.0535. The highest BCUT2D eigenvalue weighted by molar-refractivity contribution is 7.89. The maximum Gasteiger partial charge on any atom is 0.241 e. The lowest BCUT2D eigenvalue weighted by Crippen LogP contribution is -2.30. The molecular weight excluding hydrogens is 264 g/mol. The van der Waals surface area contributed by atoms with Crippen LogP contribution in [0.5, 0.6) is 0 Å². The zero-order chi connectivity index (χ0) is 14.5. The molecule has 4 N–H and O–H groups in total. The van der Waals surface area contributed by atoms with E-state index in [1.807, 2.05) is 0 Å². The van der Waals surface area contributed by atoms with Crippen LogP contribution in [0.2, 0.25) is 0 Å². The monoisotopic (exact) mass is 284 g/mol. The second-order valence-corrected chi connectivity index (χ2v) is 7.73. The van der Waals surface area contributed by atoms with Crippen molar-refractivity contribution in [3.05, 3.63) is 18.3 Å². The maximum absolute atomic E-state index is 12.3. The van der Waals surface area contributed by atoms with Crippen molar-refractivity contribution < 1.29 is 8.42 Å². The van der Waals surface area contributed by atoms with E-state index in [4.69, 9.17) is 5.84 Å². The highest BCUT2D eigenvalue weighted by Gasteiger charge is 2.66. The fourth-order valence-corrected chi connectivity index (χ4v) is 3.91. The van der Waals surface area contributed by atoms with Crippen LogP contribution in [0.3, 0.4) is 0 Å². The number of nitrogens with two attached hydrogens (primary N) is 1. The number of sulfonamides is 1. The van der Waals surface area contributed by atoms with Crippen LogP contribution >= 0.6 is 0 Å². The van der Waals surface area contributed by atoms with Crippen molar-refractivity contribution in [3.63, 3.8) is 0 Å². The first-order valence-corrected chi connectivity index (χ1v) is 7.56. The summed E-state index contributed by atoms with van der Waals surface area (Å²) in [4.78, 5) is 4.06. The Morgan fingerprint density at radius 2 is 1.84 bits per heavy atom. The fraction of sp³-hybridized carbons (Fsp3) is 0.583. The highest BCUT2D eigenvalue weighted by atomic mass is 32.2. The van der Waals surface area contributed by atoms with Crippen molar-refractivity contribution in [2.75, 3.05) is 5.43 Å². The zero-order valence-electron chi connectivity index (χ0n) is 11.6. The van der Waals surface area contributed by atoms with Gasteiger partial charge in [0.25, 0.3) is 0 Å². The number of hydrogen-bond donors (Lipinski definition) is 3. The summed E-state index contributed by atoms with van der Waals surface area (Å²) in [5.41, 5.74) is 2.23. The van der Waals surface area contributed by atoms with Crippen molar-refractivity contribution in [1.82, 2.24) is 9.71 Å². The third-order valence-electron chi connectivity index (χ3n) is 4.48. The van der Waals surface area contributed by atoms with E-state index in [0.29, 0.717) is 5.82 Å². The molecule has 1 fully saturated rings. The molecule has 0 radical (unpaired) electrons. The van der Waals surface area contributed by atoms with Gasteiger partial charge in [-0.25, -0.2) is 24.0 Å². The van der Waals surface area contributed by atoms with Gasteiger partial charge in [-0.05, 0) is 16.9 Å². The van der Waals surface area contributed by atoms with Crippen LogP contribution < -0.4 is 16.0 Å². The average Bonchev–Trinajstić information content (AvgIpc) is 2.71. The molecule has 106 valence electrons. The number of pyridine rings is 1. The predicted molar refractivity (Wildman–Crippen MR) is 73.7 cm³/mol. The van der Waals surface area contributed by atoms with Crippen molar-refractivity contribution in [2.45, 2.75) is 38.6 Å². The summed E-state index contributed by atoms with van der Waals surface area (Å²) >= 11 is 0. The number of hydrazine groups is 1. The summed E-state index contributed by atoms with van der Waals surface area (Å²) in [5.74, 6) is 5.55. The van der Waals surface area contributed by atoms with Gasteiger partial charge in [-0.1, -0.05) is 27.7 Å². The lowest BCUT2D eigenvalue weighted by atomic mass is 10.0. The van der Waals surface area contributed by atoms with Crippen LogP contribution in [-0.2, 0) is 10.0 Å². The SMILES string of the molecule is CC1(C)C(NS(=O)(=O)c2ccnc(NN)c2)C1(C)C. The van der Waals surface area contributed by atoms with E-state index in [9.17, 15) is 8.42 Å². The molecule has 2 rings (SSSR count). The van der Waals surface area contributed by atoms with Gasteiger partial charge in [0.05, 0.1) is 4.90 Å². The van der Waals surface area contributed by atoms with Gasteiger partial charge in [0.15, 0.2) is 0 Å². The Morgan fingerprint density at radius 3 is 2.32 bits per heavy atom. The van der Waals surface area contributed by atoms with Crippen LogP contribution in [-0.4, -0.2) is 19.4 Å². The molecule has 1 saturated carbocycles. The Kier molecular flexibility index (Phi) is 3.11. The molecule has 0 atom stereocenters. The average molecular weight is 284 g/mol. The highest BCUT2D eigenvalue weighted by Crippen LogP contribution is 2.62. The summed E-state index contributed by atoms with van der Waals surface area (Å²) in [6.45, 7) is 8.22. The van der Waals surface area contributed by atoms with E-state index < -0.39 is 10.0 Å². The quantitative estimate of drug-likeness (QED) is 0.568. The largest absolute Gasteiger partial charge is 0.308 e. The number of nitrogens with one attached hydrogen (secondary N) is 2. The maximum atomic E-state index is 12.3. The fourth-order valence-electron chi connectivity index (χ4n) is 2.37.